The van der Waals surface area contributed by atoms with E-state index in [0.29, 0.717) is 28.5 Å². The lowest BCUT2D eigenvalue weighted by Gasteiger charge is -2.33. The van der Waals surface area contributed by atoms with Crippen LogP contribution in [0, 0.1) is 0 Å². The lowest BCUT2D eigenvalue weighted by molar-refractivity contribution is -0.117. The molecule has 0 N–H and O–H groups in total. The summed E-state index contributed by atoms with van der Waals surface area (Å²) in [4.78, 5) is 31.0. The van der Waals surface area contributed by atoms with Gasteiger partial charge in [-0.1, -0.05) is 18.2 Å². The van der Waals surface area contributed by atoms with Gasteiger partial charge >= 0.3 is 0 Å². The quantitative estimate of drug-likeness (QED) is 0.690. The number of amides is 2. The second kappa shape index (κ2) is 6.77. The van der Waals surface area contributed by atoms with Gasteiger partial charge in [-0.15, -0.1) is 5.10 Å². The number of fused-ring (bicyclic) bond motifs is 3. The first-order chi connectivity index (χ1) is 13.5. The lowest BCUT2D eigenvalue weighted by Crippen LogP contribution is -2.43. The molecular formula is C21H18N4O3. The minimum Gasteiger partial charge on any atom is -0.497 e. The molecule has 0 bridgehead atoms. The second-order valence-electron chi connectivity index (χ2n) is 6.35. The number of ether oxygens (including phenoxy) is 1. The van der Waals surface area contributed by atoms with E-state index >= 15 is 0 Å². The van der Waals surface area contributed by atoms with Crippen molar-refractivity contribution in [2.75, 3.05) is 17.0 Å². The Morgan fingerprint density at radius 1 is 0.964 bits per heavy atom. The number of benzene rings is 2. The van der Waals surface area contributed by atoms with Gasteiger partial charge in [0.15, 0.2) is 5.84 Å². The van der Waals surface area contributed by atoms with E-state index in [1.807, 2.05) is 24.3 Å². The first kappa shape index (κ1) is 17.7. The maximum absolute atomic E-state index is 12.6. The van der Waals surface area contributed by atoms with Gasteiger partial charge in [-0.05, 0) is 30.3 Å². The molecule has 1 aliphatic heterocycles. The van der Waals surface area contributed by atoms with Crippen molar-refractivity contribution in [1.29, 1.82) is 0 Å². The highest BCUT2D eigenvalue weighted by molar-refractivity contribution is 6.28. The fourth-order valence-corrected chi connectivity index (χ4v) is 3.28. The molecule has 7 nitrogen and oxygen atoms in total. The summed E-state index contributed by atoms with van der Waals surface area (Å²) in [6, 6.07) is 14.6. The molecule has 0 saturated carbocycles. The topological polar surface area (TPSA) is 75.1 Å². The number of carbonyl (C=O) groups is 2. The van der Waals surface area contributed by atoms with Crippen LogP contribution in [-0.2, 0) is 9.59 Å². The van der Waals surface area contributed by atoms with Crippen LogP contribution in [0.2, 0.25) is 0 Å². The third kappa shape index (κ3) is 2.77. The summed E-state index contributed by atoms with van der Waals surface area (Å²) in [6.07, 6.45) is 1.60. The number of anilines is 2. The predicted octanol–water partition coefficient (Wildman–Crippen LogP) is 3.32. The molecule has 4 rings (SSSR count). The van der Waals surface area contributed by atoms with Gasteiger partial charge < -0.3 is 4.74 Å². The zero-order valence-electron chi connectivity index (χ0n) is 15.7. The number of carbonyl (C=O) groups excluding carboxylic acids is 2. The van der Waals surface area contributed by atoms with Gasteiger partial charge in [-0.3, -0.25) is 19.5 Å². The maximum Gasteiger partial charge on any atom is 0.244 e. The summed E-state index contributed by atoms with van der Waals surface area (Å²) in [6.45, 7) is 2.90. The molecule has 0 spiro atoms. The van der Waals surface area contributed by atoms with Crippen LogP contribution in [0.3, 0.4) is 0 Å². The molecular weight excluding hydrogens is 356 g/mol. The number of para-hydroxylation sites is 1. The molecule has 3 aromatic rings. The van der Waals surface area contributed by atoms with Crippen LogP contribution >= 0.6 is 0 Å². The van der Waals surface area contributed by atoms with Crippen molar-refractivity contribution in [1.82, 2.24) is 4.98 Å². The number of rotatable bonds is 2. The van der Waals surface area contributed by atoms with Gasteiger partial charge in [0.25, 0.3) is 0 Å². The Balaban J connectivity index is 1.98. The molecule has 2 heterocycles. The van der Waals surface area contributed by atoms with Crippen LogP contribution in [0.15, 0.2) is 59.8 Å². The monoisotopic (exact) mass is 374 g/mol. The standard InChI is InChI=1S/C21H18N4O3/c1-13(26)24-19-12-22-18-7-5-4-6-17(18)20(19)25(14(2)27)23-21(24)15-8-10-16(28-3)11-9-15/h4-12H,1-3H3. The summed E-state index contributed by atoms with van der Waals surface area (Å²) in [5.41, 5.74) is 2.47. The average molecular weight is 374 g/mol. The first-order valence-corrected chi connectivity index (χ1v) is 8.73. The number of hydrogen-bond donors (Lipinski definition) is 0. The molecule has 0 saturated heterocycles. The van der Waals surface area contributed by atoms with Gasteiger partial charge in [0.05, 0.1) is 24.5 Å². The Labute approximate surface area is 161 Å². The van der Waals surface area contributed by atoms with Crippen LogP contribution in [0.1, 0.15) is 19.4 Å². The van der Waals surface area contributed by atoms with E-state index in [4.69, 9.17) is 4.74 Å². The molecule has 2 aromatic carbocycles. The summed E-state index contributed by atoms with van der Waals surface area (Å²) in [5, 5.41) is 6.62. The van der Waals surface area contributed by atoms with Crippen molar-refractivity contribution < 1.29 is 14.3 Å². The van der Waals surface area contributed by atoms with Crippen molar-refractivity contribution in [3.63, 3.8) is 0 Å². The Hall–Kier alpha value is -3.74. The van der Waals surface area contributed by atoms with E-state index in [2.05, 4.69) is 10.1 Å². The normalized spacial score (nSPS) is 13.2. The molecule has 7 heteroatoms. The van der Waals surface area contributed by atoms with Crippen LogP contribution < -0.4 is 14.6 Å². The van der Waals surface area contributed by atoms with Gasteiger partial charge in [-0.2, -0.15) is 5.01 Å². The Morgan fingerprint density at radius 2 is 1.68 bits per heavy atom. The fourth-order valence-electron chi connectivity index (χ4n) is 3.28. The molecule has 0 fully saturated rings. The van der Waals surface area contributed by atoms with Gasteiger partial charge in [0, 0.05) is 24.8 Å². The molecule has 28 heavy (non-hydrogen) atoms. The van der Waals surface area contributed by atoms with Crippen molar-refractivity contribution in [2.24, 2.45) is 5.10 Å². The summed E-state index contributed by atoms with van der Waals surface area (Å²) in [7, 11) is 1.58. The van der Waals surface area contributed by atoms with E-state index in [1.165, 1.54) is 23.8 Å². The Morgan fingerprint density at radius 3 is 2.32 bits per heavy atom. The van der Waals surface area contributed by atoms with Gasteiger partial charge in [-0.25, -0.2) is 0 Å². The van der Waals surface area contributed by atoms with Crippen LogP contribution in [0.4, 0.5) is 11.4 Å². The number of nitrogens with zero attached hydrogens (tertiary/aromatic N) is 4. The van der Waals surface area contributed by atoms with Crippen molar-refractivity contribution >= 4 is 39.9 Å². The molecule has 0 unspecified atom stereocenters. The predicted molar refractivity (Wildman–Crippen MR) is 108 cm³/mol. The van der Waals surface area contributed by atoms with E-state index in [0.717, 1.165) is 10.9 Å². The van der Waals surface area contributed by atoms with E-state index in [1.54, 1.807) is 37.6 Å². The van der Waals surface area contributed by atoms with Crippen molar-refractivity contribution in [3.05, 3.63) is 60.3 Å². The smallest absolute Gasteiger partial charge is 0.244 e. The van der Waals surface area contributed by atoms with Gasteiger partial charge in [0.2, 0.25) is 11.8 Å². The molecule has 0 radical (unpaired) electrons. The third-order valence-electron chi connectivity index (χ3n) is 4.55. The molecule has 2 amide bonds. The highest BCUT2D eigenvalue weighted by Crippen LogP contribution is 2.40. The number of pyridine rings is 1. The summed E-state index contributed by atoms with van der Waals surface area (Å²) >= 11 is 0. The van der Waals surface area contributed by atoms with Crippen LogP contribution in [-0.4, -0.2) is 29.7 Å². The maximum atomic E-state index is 12.6. The first-order valence-electron chi connectivity index (χ1n) is 8.73. The zero-order valence-corrected chi connectivity index (χ0v) is 15.7. The summed E-state index contributed by atoms with van der Waals surface area (Å²) in [5.74, 6) is 0.559. The molecule has 0 atom stereocenters. The largest absolute Gasteiger partial charge is 0.497 e. The molecule has 0 aliphatic carbocycles. The SMILES string of the molecule is COc1ccc(C2=NN(C(C)=O)c3c(cnc4ccccc34)N2C(C)=O)cc1. The highest BCUT2D eigenvalue weighted by atomic mass is 16.5. The van der Waals surface area contributed by atoms with Crippen LogP contribution in [0.25, 0.3) is 10.9 Å². The number of hydrazone groups is 1. The van der Waals surface area contributed by atoms with Crippen molar-refractivity contribution in [3.8, 4) is 5.75 Å². The molecule has 1 aromatic heterocycles. The minimum absolute atomic E-state index is 0.226. The number of amidine groups is 1. The number of aromatic nitrogens is 1. The summed E-state index contributed by atoms with van der Waals surface area (Å²) < 4.78 is 5.20. The minimum atomic E-state index is -0.258. The van der Waals surface area contributed by atoms with Crippen molar-refractivity contribution in [2.45, 2.75) is 13.8 Å². The Kier molecular flexibility index (Phi) is 4.27. The second-order valence-corrected chi connectivity index (χ2v) is 6.35. The van der Waals surface area contributed by atoms with E-state index < -0.39 is 0 Å². The average Bonchev–Trinajstić information content (AvgIpc) is 2.72. The Bertz CT molecular complexity index is 1120. The zero-order chi connectivity index (χ0) is 19.8. The van der Waals surface area contributed by atoms with Crippen LogP contribution in [0.5, 0.6) is 5.75 Å². The third-order valence-corrected chi connectivity index (χ3v) is 4.55. The number of hydrogen-bond acceptors (Lipinski definition) is 5. The number of methoxy groups -OCH3 is 1. The molecule has 1 aliphatic rings. The molecule has 140 valence electrons. The van der Waals surface area contributed by atoms with Gasteiger partial charge in [0.1, 0.15) is 11.4 Å². The highest BCUT2D eigenvalue weighted by Gasteiger charge is 2.33. The fraction of sp³-hybridized carbons (Fsp3) is 0.143. The lowest BCUT2D eigenvalue weighted by atomic mass is 10.1. The van der Waals surface area contributed by atoms with E-state index in [9.17, 15) is 9.59 Å². The van der Waals surface area contributed by atoms with E-state index in [-0.39, 0.29) is 11.8 Å².